The molecule has 3 N–H and O–H groups in total. The Bertz CT molecular complexity index is 669. The van der Waals surface area contributed by atoms with Crippen molar-refractivity contribution in [3.63, 3.8) is 0 Å². The molecule has 0 saturated heterocycles. The molecule has 1 amide bonds. The zero-order valence-electron chi connectivity index (χ0n) is 11.5. The minimum atomic E-state index is -1.11. The average Bonchev–Trinajstić information content (AvgIpc) is 2.89. The fourth-order valence-electron chi connectivity index (χ4n) is 2.09. The molecule has 0 radical (unpaired) electrons. The number of fused-ring (bicyclic) bond motifs is 1. The lowest BCUT2D eigenvalue weighted by molar-refractivity contribution is -0.139. The van der Waals surface area contributed by atoms with Gasteiger partial charge in [-0.2, -0.15) is 0 Å². The zero-order chi connectivity index (χ0) is 15.4. The number of carbonyl (C=O) groups excluding carboxylic acids is 1. The number of nitrogens with zero attached hydrogens (tertiary/aromatic N) is 1. The number of aromatic amines is 1. The summed E-state index contributed by atoms with van der Waals surface area (Å²) in [7, 11) is 0. The van der Waals surface area contributed by atoms with Crippen LogP contribution in [0.25, 0.3) is 11.0 Å². The molecule has 0 saturated carbocycles. The van der Waals surface area contributed by atoms with Crippen molar-refractivity contribution < 1.29 is 19.1 Å². The van der Waals surface area contributed by atoms with Gasteiger partial charge in [0.2, 0.25) is 0 Å². The molecular formula is C14H16FN3O3. The van der Waals surface area contributed by atoms with E-state index in [4.69, 9.17) is 5.11 Å². The van der Waals surface area contributed by atoms with E-state index < -0.39 is 23.7 Å². The number of hydrogen-bond donors (Lipinski definition) is 3. The Morgan fingerprint density at radius 3 is 2.90 bits per heavy atom. The molecule has 1 atom stereocenters. The first-order chi connectivity index (χ1) is 10.0. The van der Waals surface area contributed by atoms with Gasteiger partial charge >= 0.3 is 5.97 Å². The van der Waals surface area contributed by atoms with Gasteiger partial charge in [-0.1, -0.05) is 19.8 Å². The molecule has 7 heteroatoms. The number of aromatic nitrogens is 2. The monoisotopic (exact) mass is 293 g/mol. The fraction of sp³-hybridized carbons (Fsp3) is 0.357. The van der Waals surface area contributed by atoms with Gasteiger partial charge in [-0.05, 0) is 18.6 Å². The summed E-state index contributed by atoms with van der Waals surface area (Å²) >= 11 is 0. The first-order valence-electron chi connectivity index (χ1n) is 6.69. The molecule has 0 aliphatic rings. The third-order valence-electron chi connectivity index (χ3n) is 3.18. The maximum absolute atomic E-state index is 13.5. The number of aliphatic carboxylic acids is 1. The SMILES string of the molecule is CCCC[C@H](NC(=O)c1cc(F)cc2[nH]cnc12)C(=O)O. The molecule has 1 aromatic carbocycles. The van der Waals surface area contributed by atoms with Crippen LogP contribution in [0.2, 0.25) is 0 Å². The third kappa shape index (κ3) is 3.36. The number of carbonyl (C=O) groups is 2. The molecule has 0 unspecified atom stereocenters. The van der Waals surface area contributed by atoms with Gasteiger partial charge in [-0.15, -0.1) is 0 Å². The Kier molecular flexibility index (Phi) is 4.52. The highest BCUT2D eigenvalue weighted by molar-refractivity contribution is 6.05. The summed E-state index contributed by atoms with van der Waals surface area (Å²) in [5, 5.41) is 11.5. The molecule has 112 valence electrons. The summed E-state index contributed by atoms with van der Waals surface area (Å²) in [5.74, 6) is -2.33. The van der Waals surface area contributed by atoms with Gasteiger partial charge in [0.1, 0.15) is 17.4 Å². The molecule has 0 fully saturated rings. The van der Waals surface area contributed by atoms with Crippen molar-refractivity contribution in [2.24, 2.45) is 0 Å². The smallest absolute Gasteiger partial charge is 0.326 e. The third-order valence-corrected chi connectivity index (χ3v) is 3.18. The van der Waals surface area contributed by atoms with Crippen LogP contribution in [0, 0.1) is 5.82 Å². The molecule has 2 rings (SSSR count). The van der Waals surface area contributed by atoms with Gasteiger partial charge < -0.3 is 15.4 Å². The van der Waals surface area contributed by atoms with E-state index >= 15 is 0 Å². The Hall–Kier alpha value is -2.44. The topological polar surface area (TPSA) is 95.1 Å². The minimum Gasteiger partial charge on any atom is -0.480 e. The summed E-state index contributed by atoms with van der Waals surface area (Å²) in [6.45, 7) is 1.93. The van der Waals surface area contributed by atoms with Gasteiger partial charge in [-0.3, -0.25) is 4.79 Å². The predicted octanol–water partition coefficient (Wildman–Crippen LogP) is 2.08. The number of unbranched alkanes of at least 4 members (excludes halogenated alkanes) is 1. The Labute approximate surface area is 120 Å². The van der Waals surface area contributed by atoms with Gasteiger partial charge in [0, 0.05) is 0 Å². The van der Waals surface area contributed by atoms with Crippen molar-refractivity contribution in [2.75, 3.05) is 0 Å². The summed E-state index contributed by atoms with van der Waals surface area (Å²) in [4.78, 5) is 30.0. The molecule has 0 spiro atoms. The van der Waals surface area contributed by atoms with Crippen LogP contribution < -0.4 is 5.32 Å². The van der Waals surface area contributed by atoms with Crippen molar-refractivity contribution >= 4 is 22.9 Å². The Morgan fingerprint density at radius 1 is 1.48 bits per heavy atom. The second kappa shape index (κ2) is 6.34. The van der Waals surface area contributed by atoms with E-state index in [0.717, 1.165) is 12.5 Å². The highest BCUT2D eigenvalue weighted by Gasteiger charge is 2.22. The van der Waals surface area contributed by atoms with E-state index in [-0.39, 0.29) is 5.56 Å². The first kappa shape index (κ1) is 15.0. The molecule has 6 nitrogen and oxygen atoms in total. The maximum Gasteiger partial charge on any atom is 0.326 e. The van der Waals surface area contributed by atoms with E-state index in [1.807, 2.05) is 6.92 Å². The first-order valence-corrected chi connectivity index (χ1v) is 6.69. The number of carboxylic acids is 1. The zero-order valence-corrected chi connectivity index (χ0v) is 11.5. The van der Waals surface area contributed by atoms with Crippen LogP contribution in [0.5, 0.6) is 0 Å². The van der Waals surface area contributed by atoms with E-state index in [1.165, 1.54) is 12.4 Å². The van der Waals surface area contributed by atoms with Gasteiger partial charge in [0.15, 0.2) is 0 Å². The molecule has 1 heterocycles. The second-order valence-corrected chi connectivity index (χ2v) is 4.76. The quantitative estimate of drug-likeness (QED) is 0.760. The Balaban J connectivity index is 2.25. The van der Waals surface area contributed by atoms with Crippen LogP contribution in [-0.2, 0) is 4.79 Å². The number of H-pyrrole nitrogens is 1. The average molecular weight is 293 g/mol. The van der Waals surface area contributed by atoms with Crippen LogP contribution in [0.1, 0.15) is 36.5 Å². The number of benzene rings is 1. The molecule has 21 heavy (non-hydrogen) atoms. The van der Waals surface area contributed by atoms with E-state index in [2.05, 4.69) is 15.3 Å². The molecule has 2 aromatic rings. The normalized spacial score (nSPS) is 12.3. The molecular weight excluding hydrogens is 277 g/mol. The van der Waals surface area contributed by atoms with E-state index in [1.54, 1.807) is 0 Å². The van der Waals surface area contributed by atoms with Crippen molar-refractivity contribution in [3.8, 4) is 0 Å². The number of halogens is 1. The molecule has 0 aliphatic heterocycles. The summed E-state index contributed by atoms with van der Waals surface area (Å²) in [5.41, 5.74) is 0.725. The van der Waals surface area contributed by atoms with Gasteiger partial charge in [0.25, 0.3) is 5.91 Å². The summed E-state index contributed by atoms with van der Waals surface area (Å²) in [6, 6.07) is 1.29. The van der Waals surface area contributed by atoms with Gasteiger partial charge in [-0.25, -0.2) is 14.2 Å². The van der Waals surface area contributed by atoms with Crippen LogP contribution in [0.4, 0.5) is 4.39 Å². The lowest BCUT2D eigenvalue weighted by atomic mass is 10.1. The van der Waals surface area contributed by atoms with Crippen molar-refractivity contribution in [1.82, 2.24) is 15.3 Å². The number of rotatable bonds is 6. The Morgan fingerprint density at radius 2 is 2.24 bits per heavy atom. The maximum atomic E-state index is 13.5. The van der Waals surface area contributed by atoms with Crippen LogP contribution >= 0.6 is 0 Å². The summed E-state index contributed by atoms with van der Waals surface area (Å²) in [6.07, 6.45) is 3.19. The van der Waals surface area contributed by atoms with Crippen molar-refractivity contribution in [3.05, 3.63) is 29.8 Å². The van der Waals surface area contributed by atoms with E-state index in [0.29, 0.717) is 23.9 Å². The second-order valence-electron chi connectivity index (χ2n) is 4.76. The number of nitrogens with one attached hydrogen (secondary N) is 2. The minimum absolute atomic E-state index is 0.0222. The molecule has 0 aliphatic carbocycles. The lowest BCUT2D eigenvalue weighted by Gasteiger charge is -2.14. The fourth-order valence-corrected chi connectivity index (χ4v) is 2.09. The van der Waals surface area contributed by atoms with Crippen LogP contribution in [0.15, 0.2) is 18.5 Å². The summed E-state index contributed by atoms with van der Waals surface area (Å²) < 4.78 is 13.5. The lowest BCUT2D eigenvalue weighted by Crippen LogP contribution is -2.40. The van der Waals surface area contributed by atoms with E-state index in [9.17, 15) is 14.0 Å². The number of amides is 1. The van der Waals surface area contributed by atoms with Crippen LogP contribution in [0.3, 0.4) is 0 Å². The van der Waals surface area contributed by atoms with Crippen molar-refractivity contribution in [1.29, 1.82) is 0 Å². The molecule has 0 bridgehead atoms. The number of hydrogen-bond acceptors (Lipinski definition) is 3. The predicted molar refractivity (Wildman–Crippen MR) is 74.5 cm³/mol. The highest BCUT2D eigenvalue weighted by Crippen LogP contribution is 2.17. The standard InChI is InChI=1S/C14H16FN3O3/c1-2-3-4-10(14(20)21)18-13(19)9-5-8(15)6-11-12(9)17-7-16-11/h5-7,10H,2-4H2,1H3,(H,16,17)(H,18,19)(H,20,21)/t10-/m0/s1. The van der Waals surface area contributed by atoms with Gasteiger partial charge in [0.05, 0.1) is 17.4 Å². The number of carboxylic acid groups (broad SMARTS) is 1. The largest absolute Gasteiger partial charge is 0.480 e. The number of imidazole rings is 1. The molecule has 1 aromatic heterocycles. The highest BCUT2D eigenvalue weighted by atomic mass is 19.1. The van der Waals surface area contributed by atoms with Crippen LogP contribution in [-0.4, -0.2) is 33.0 Å². The van der Waals surface area contributed by atoms with Crippen molar-refractivity contribution in [2.45, 2.75) is 32.2 Å².